The molecule has 1 heterocycles. The third-order valence-electron chi connectivity index (χ3n) is 3.82. The predicted molar refractivity (Wildman–Crippen MR) is 89.1 cm³/mol. The van der Waals surface area contributed by atoms with Crippen LogP contribution in [0.15, 0.2) is 42.5 Å². The first-order chi connectivity index (χ1) is 9.40. The third-order valence-corrected chi connectivity index (χ3v) is 3.82. The minimum Gasteiger partial charge on any atom is -1.00 e. The molecule has 0 saturated heterocycles. The van der Waals surface area contributed by atoms with E-state index in [0.717, 1.165) is 12.8 Å². The van der Waals surface area contributed by atoms with E-state index in [-0.39, 0.29) is 40.0 Å². The Bertz CT molecular complexity index is 690. The van der Waals surface area contributed by atoms with E-state index < -0.39 is 0 Å². The Kier molecular flexibility index (Phi) is 7.78. The van der Waals surface area contributed by atoms with E-state index in [1.165, 1.54) is 46.6 Å². The number of unbranched alkanes of at least 4 members (excludes halogenated alkanes) is 3. The Morgan fingerprint density at radius 1 is 0.857 bits per heavy atom. The molecule has 0 radical (unpaired) electrons. The molecule has 0 atom stereocenters. The molecule has 0 spiro atoms. The van der Waals surface area contributed by atoms with Gasteiger partial charge in [0.2, 0.25) is 0 Å². The van der Waals surface area contributed by atoms with Crippen LogP contribution >= 0.6 is 0 Å². The third kappa shape index (κ3) is 4.02. The van der Waals surface area contributed by atoms with Crippen LogP contribution in [0, 0.1) is 6.92 Å². The molecule has 0 saturated carbocycles. The van der Waals surface area contributed by atoms with Gasteiger partial charge < -0.3 is 28.9 Å². The van der Waals surface area contributed by atoms with Gasteiger partial charge in [0.1, 0.15) is 0 Å². The monoisotopic (exact) mass is 353 g/mol. The van der Waals surface area contributed by atoms with E-state index in [0.29, 0.717) is 0 Å². The number of aromatic amines is 1. The first-order valence-corrected chi connectivity index (χ1v) is 7.17. The van der Waals surface area contributed by atoms with Gasteiger partial charge in [0.05, 0.1) is 0 Å². The zero-order chi connectivity index (χ0) is 13.1. The van der Waals surface area contributed by atoms with Crippen molar-refractivity contribution in [2.24, 2.45) is 0 Å². The minimum atomic E-state index is 0. The van der Waals surface area contributed by atoms with Crippen LogP contribution in [0.4, 0.5) is 0 Å². The molecule has 0 aliphatic rings. The average molecular weight is 355 g/mol. The first-order valence-electron chi connectivity index (χ1n) is 7.17. The Morgan fingerprint density at radius 3 is 2.43 bits per heavy atom. The second-order valence-corrected chi connectivity index (χ2v) is 5.17. The number of H-pyrrole nitrogens is 1. The minimum absolute atomic E-state index is 0. The maximum atomic E-state index is 3.90. The number of benzene rings is 2. The van der Waals surface area contributed by atoms with E-state index in [1.54, 1.807) is 0 Å². The number of halogens is 1. The molecule has 0 fully saturated rings. The Morgan fingerprint density at radius 2 is 1.62 bits per heavy atom. The molecule has 1 N–H and O–H groups in total. The fourth-order valence-corrected chi connectivity index (χ4v) is 2.81. The van der Waals surface area contributed by atoms with Crippen molar-refractivity contribution in [3.05, 3.63) is 55.0 Å². The summed E-state index contributed by atoms with van der Waals surface area (Å²) in [5, 5.41) is 2.68. The van der Waals surface area contributed by atoms with E-state index >= 15 is 0 Å². The van der Waals surface area contributed by atoms with Crippen molar-refractivity contribution in [3.63, 3.8) is 0 Å². The van der Waals surface area contributed by atoms with Crippen molar-refractivity contribution >= 4 is 44.9 Å². The summed E-state index contributed by atoms with van der Waals surface area (Å²) in [5.74, 6) is 0. The second kappa shape index (κ2) is 8.81. The van der Waals surface area contributed by atoms with Gasteiger partial charge in [0, 0.05) is 21.8 Å². The molecular formula is C18H20BrMgN. The van der Waals surface area contributed by atoms with Crippen molar-refractivity contribution in [2.45, 2.75) is 32.1 Å². The molecule has 1 aromatic heterocycles. The zero-order valence-corrected chi connectivity index (χ0v) is 15.4. The number of hydrogen-bond acceptors (Lipinski definition) is 0. The summed E-state index contributed by atoms with van der Waals surface area (Å²) in [5.41, 5.74) is 4.00. The summed E-state index contributed by atoms with van der Waals surface area (Å²) in [4.78, 5) is 3.58. The maximum absolute atomic E-state index is 3.90. The largest absolute Gasteiger partial charge is 2.00 e. The average Bonchev–Trinajstić information content (AvgIpc) is 2.83. The number of hydrogen-bond donors (Lipinski definition) is 1. The van der Waals surface area contributed by atoms with Gasteiger partial charge in [-0.05, 0) is 24.5 Å². The number of nitrogens with one attached hydrogen (secondary N) is 1. The molecule has 3 rings (SSSR count). The molecule has 0 bridgehead atoms. The zero-order valence-electron chi connectivity index (χ0n) is 12.4. The fraction of sp³-hybridized carbons (Fsp3) is 0.278. The van der Waals surface area contributed by atoms with Crippen molar-refractivity contribution in [2.75, 3.05) is 0 Å². The number of para-hydroxylation sites is 2. The van der Waals surface area contributed by atoms with Crippen LogP contribution in [0.1, 0.15) is 31.2 Å². The predicted octanol–water partition coefficient (Wildman–Crippen LogP) is 1.88. The molecule has 2 aromatic carbocycles. The molecule has 106 valence electrons. The standard InChI is InChI=1S/C18H20N.BrH.Mg/c1-2-3-4-5-9-14-10-8-12-16-15-11-6-7-13-17(15)19-18(14)16;;/h6-8,10-13,19H,1-5,9H2;1H;/q-1;;+2/p-1. The van der Waals surface area contributed by atoms with Gasteiger partial charge in [-0.2, -0.15) is 6.42 Å². The van der Waals surface area contributed by atoms with Gasteiger partial charge in [-0.3, -0.25) is 0 Å². The first kappa shape index (κ1) is 18.5. The Balaban J connectivity index is 0.00000110. The van der Waals surface area contributed by atoms with Crippen molar-refractivity contribution in [1.82, 2.24) is 4.98 Å². The quantitative estimate of drug-likeness (QED) is 0.409. The smallest absolute Gasteiger partial charge is 1.00 e. The van der Waals surface area contributed by atoms with Crippen LogP contribution in [0.25, 0.3) is 21.8 Å². The molecule has 3 aromatic rings. The molecule has 3 heteroatoms. The molecule has 0 aliphatic carbocycles. The molecule has 0 amide bonds. The van der Waals surface area contributed by atoms with E-state index in [1.807, 2.05) is 0 Å². The van der Waals surface area contributed by atoms with Gasteiger partial charge in [-0.25, -0.2) is 0 Å². The Labute approximate surface area is 153 Å². The number of aromatic nitrogens is 1. The SMILES string of the molecule is [Br-].[CH2-]CCCCCc1cccc2c1[nH]c1ccccc12.[Mg+2]. The van der Waals surface area contributed by atoms with E-state index in [2.05, 4.69) is 54.4 Å². The molecule has 0 unspecified atom stereocenters. The Hall–Kier alpha value is -0.514. The van der Waals surface area contributed by atoms with Crippen molar-refractivity contribution in [1.29, 1.82) is 0 Å². The van der Waals surface area contributed by atoms with Gasteiger partial charge in [0.15, 0.2) is 0 Å². The second-order valence-electron chi connectivity index (χ2n) is 5.17. The normalized spacial score (nSPS) is 10.3. The van der Waals surface area contributed by atoms with E-state index in [9.17, 15) is 0 Å². The summed E-state index contributed by atoms with van der Waals surface area (Å²) in [7, 11) is 0. The number of fused-ring (bicyclic) bond motifs is 3. The van der Waals surface area contributed by atoms with Crippen molar-refractivity contribution < 1.29 is 17.0 Å². The van der Waals surface area contributed by atoms with Crippen LogP contribution in [0.5, 0.6) is 0 Å². The van der Waals surface area contributed by atoms with Crippen LogP contribution in [-0.2, 0) is 6.42 Å². The fourth-order valence-electron chi connectivity index (χ4n) is 2.81. The van der Waals surface area contributed by atoms with Gasteiger partial charge in [0.25, 0.3) is 0 Å². The van der Waals surface area contributed by atoms with Gasteiger partial charge in [-0.1, -0.05) is 49.2 Å². The summed E-state index contributed by atoms with van der Waals surface area (Å²) in [6.07, 6.45) is 5.98. The molecular weight excluding hydrogens is 334 g/mol. The molecule has 21 heavy (non-hydrogen) atoms. The summed E-state index contributed by atoms with van der Waals surface area (Å²) in [6.45, 7) is 3.90. The van der Waals surface area contributed by atoms with Crippen LogP contribution in [-0.4, -0.2) is 28.0 Å². The van der Waals surface area contributed by atoms with Crippen LogP contribution in [0.3, 0.4) is 0 Å². The number of aryl methyl sites for hydroxylation is 1. The molecule has 1 nitrogen and oxygen atoms in total. The summed E-state index contributed by atoms with van der Waals surface area (Å²) >= 11 is 0. The molecule has 0 aliphatic heterocycles. The summed E-state index contributed by atoms with van der Waals surface area (Å²) in [6, 6.07) is 15.2. The number of rotatable bonds is 5. The summed E-state index contributed by atoms with van der Waals surface area (Å²) < 4.78 is 0. The van der Waals surface area contributed by atoms with E-state index in [4.69, 9.17) is 0 Å². The van der Waals surface area contributed by atoms with Gasteiger partial charge in [-0.15, -0.1) is 0 Å². The van der Waals surface area contributed by atoms with Crippen LogP contribution < -0.4 is 17.0 Å². The maximum Gasteiger partial charge on any atom is 2.00 e. The van der Waals surface area contributed by atoms with Gasteiger partial charge >= 0.3 is 23.1 Å². The van der Waals surface area contributed by atoms with Crippen molar-refractivity contribution in [3.8, 4) is 0 Å². The van der Waals surface area contributed by atoms with Crippen LogP contribution in [0.2, 0.25) is 0 Å². The topological polar surface area (TPSA) is 15.8 Å².